The van der Waals surface area contributed by atoms with Gasteiger partial charge in [0.15, 0.2) is 0 Å². The number of hydrogen-bond acceptors (Lipinski definition) is 1. The maximum Gasteiger partial charge on any atom is 0.0496 e. The fourth-order valence-electron chi connectivity index (χ4n) is 2.46. The number of methoxy groups -OCH3 is 1. The van der Waals surface area contributed by atoms with Crippen molar-refractivity contribution in [2.75, 3.05) is 13.7 Å². The predicted molar refractivity (Wildman–Crippen MR) is 45.3 cm³/mol. The van der Waals surface area contributed by atoms with Gasteiger partial charge >= 0.3 is 0 Å². The third-order valence-electron chi connectivity index (χ3n) is 3.09. The molecule has 0 saturated heterocycles. The second-order valence-corrected chi connectivity index (χ2v) is 3.84. The summed E-state index contributed by atoms with van der Waals surface area (Å²) in [5.74, 6) is 2.53. The van der Waals surface area contributed by atoms with Crippen LogP contribution < -0.4 is 0 Å². The number of fused-ring (bicyclic) bond motifs is 2. The summed E-state index contributed by atoms with van der Waals surface area (Å²) >= 11 is 0. The lowest BCUT2D eigenvalue weighted by Crippen LogP contribution is -2.29. The van der Waals surface area contributed by atoms with E-state index in [0.29, 0.717) is 0 Å². The van der Waals surface area contributed by atoms with Crippen LogP contribution in [0, 0.1) is 17.8 Å². The fourth-order valence-corrected chi connectivity index (χ4v) is 2.46. The van der Waals surface area contributed by atoms with Crippen molar-refractivity contribution in [1.82, 2.24) is 0 Å². The van der Waals surface area contributed by atoms with Crippen LogP contribution in [-0.2, 0) is 4.74 Å². The summed E-state index contributed by atoms with van der Waals surface area (Å²) in [7, 11) is 1.81. The molecule has 0 amide bonds. The molecule has 0 radical (unpaired) electrons. The highest BCUT2D eigenvalue weighted by Gasteiger charge is 2.31. The number of rotatable bonds is 2. The van der Waals surface area contributed by atoms with Crippen LogP contribution in [0.3, 0.4) is 0 Å². The first-order valence-electron chi connectivity index (χ1n) is 4.57. The van der Waals surface area contributed by atoms with E-state index in [9.17, 15) is 0 Å². The highest BCUT2D eigenvalue weighted by Crippen LogP contribution is 2.40. The first kappa shape index (κ1) is 7.35. The maximum atomic E-state index is 5.20. The van der Waals surface area contributed by atoms with E-state index in [2.05, 4.69) is 12.2 Å². The summed E-state index contributed by atoms with van der Waals surface area (Å²) < 4.78 is 5.20. The fraction of sp³-hybridized carbons (Fsp3) is 0.800. The highest BCUT2D eigenvalue weighted by atomic mass is 16.5. The summed E-state index contributed by atoms with van der Waals surface area (Å²) in [5, 5.41) is 0. The molecule has 3 aliphatic rings. The van der Waals surface area contributed by atoms with Crippen molar-refractivity contribution in [3.05, 3.63) is 12.2 Å². The molecule has 3 rings (SSSR count). The molecule has 0 aromatic heterocycles. The molecule has 0 heterocycles. The third kappa shape index (κ3) is 1.34. The zero-order valence-corrected chi connectivity index (χ0v) is 7.12. The molecular weight excluding hydrogens is 136 g/mol. The molecule has 1 nitrogen and oxygen atoms in total. The third-order valence-corrected chi connectivity index (χ3v) is 3.09. The van der Waals surface area contributed by atoms with Crippen molar-refractivity contribution < 1.29 is 4.74 Å². The Labute approximate surface area is 68.4 Å². The summed E-state index contributed by atoms with van der Waals surface area (Å²) in [5.41, 5.74) is 0. The van der Waals surface area contributed by atoms with Gasteiger partial charge < -0.3 is 4.74 Å². The maximum absolute atomic E-state index is 5.20. The Balaban J connectivity index is 2.00. The van der Waals surface area contributed by atoms with Gasteiger partial charge in [-0.2, -0.15) is 0 Å². The van der Waals surface area contributed by atoms with Gasteiger partial charge in [0.25, 0.3) is 0 Å². The normalized spacial score (nSPS) is 41.4. The number of hydrogen-bond donors (Lipinski definition) is 0. The molecule has 0 aromatic rings. The van der Waals surface area contributed by atoms with Crippen molar-refractivity contribution in [2.45, 2.75) is 19.3 Å². The van der Waals surface area contributed by atoms with Gasteiger partial charge in [0.05, 0.1) is 0 Å². The van der Waals surface area contributed by atoms with Crippen LogP contribution in [-0.4, -0.2) is 13.7 Å². The van der Waals surface area contributed by atoms with Gasteiger partial charge in [-0.1, -0.05) is 12.2 Å². The molecule has 1 saturated carbocycles. The lowest BCUT2D eigenvalue weighted by Gasteiger charge is -2.37. The summed E-state index contributed by atoms with van der Waals surface area (Å²) in [6, 6.07) is 0. The molecule has 62 valence electrons. The van der Waals surface area contributed by atoms with E-state index in [1.165, 1.54) is 19.3 Å². The van der Waals surface area contributed by atoms with Crippen LogP contribution in [0.2, 0.25) is 0 Å². The van der Waals surface area contributed by atoms with Gasteiger partial charge in [-0.05, 0) is 37.0 Å². The van der Waals surface area contributed by atoms with Crippen LogP contribution in [0.15, 0.2) is 12.2 Å². The molecule has 0 spiro atoms. The molecule has 1 heteroatoms. The van der Waals surface area contributed by atoms with Crippen LogP contribution in [0.5, 0.6) is 0 Å². The van der Waals surface area contributed by atoms with E-state index < -0.39 is 0 Å². The number of allylic oxidation sites excluding steroid dienone is 2. The highest BCUT2D eigenvalue weighted by molar-refractivity contribution is 5.05. The topological polar surface area (TPSA) is 9.23 Å². The van der Waals surface area contributed by atoms with Crippen molar-refractivity contribution in [3.63, 3.8) is 0 Å². The van der Waals surface area contributed by atoms with Crippen molar-refractivity contribution in [1.29, 1.82) is 0 Å². The molecule has 11 heavy (non-hydrogen) atoms. The largest absolute Gasteiger partial charge is 0.384 e. The van der Waals surface area contributed by atoms with Crippen LogP contribution in [0.4, 0.5) is 0 Å². The lowest BCUT2D eigenvalue weighted by molar-refractivity contribution is 0.0911. The van der Waals surface area contributed by atoms with Gasteiger partial charge in [0.1, 0.15) is 0 Å². The van der Waals surface area contributed by atoms with Crippen LogP contribution >= 0.6 is 0 Å². The summed E-state index contributed by atoms with van der Waals surface area (Å²) in [4.78, 5) is 0. The molecule has 2 bridgehead atoms. The molecular formula is C10H16O. The molecule has 0 unspecified atom stereocenters. The smallest absolute Gasteiger partial charge is 0.0496 e. The Morgan fingerprint density at radius 2 is 2.27 bits per heavy atom. The molecule has 1 fully saturated rings. The van der Waals surface area contributed by atoms with Crippen molar-refractivity contribution >= 4 is 0 Å². The number of ether oxygens (including phenoxy) is 1. The van der Waals surface area contributed by atoms with Crippen LogP contribution in [0.1, 0.15) is 19.3 Å². The SMILES string of the molecule is COC[C@H]1C[C@@H]2C=C[C@H]1CC2. The first-order chi connectivity index (χ1) is 5.40. The Bertz CT molecular complexity index is 162. The van der Waals surface area contributed by atoms with Gasteiger partial charge in [0, 0.05) is 13.7 Å². The van der Waals surface area contributed by atoms with Crippen molar-refractivity contribution in [3.8, 4) is 0 Å². The zero-order chi connectivity index (χ0) is 7.68. The average Bonchev–Trinajstić information content (AvgIpc) is 2.07. The van der Waals surface area contributed by atoms with E-state index >= 15 is 0 Å². The summed E-state index contributed by atoms with van der Waals surface area (Å²) in [6.07, 6.45) is 8.99. The van der Waals surface area contributed by atoms with E-state index in [-0.39, 0.29) is 0 Å². The Morgan fingerprint density at radius 3 is 2.73 bits per heavy atom. The monoisotopic (exact) mass is 152 g/mol. The minimum absolute atomic E-state index is 0.823. The molecule has 3 atom stereocenters. The second kappa shape index (κ2) is 2.98. The van der Waals surface area contributed by atoms with E-state index in [0.717, 1.165) is 24.4 Å². The Kier molecular flexibility index (Phi) is 1.99. The van der Waals surface area contributed by atoms with Gasteiger partial charge in [-0.3, -0.25) is 0 Å². The quantitative estimate of drug-likeness (QED) is 0.551. The first-order valence-corrected chi connectivity index (χ1v) is 4.57. The summed E-state index contributed by atoms with van der Waals surface area (Å²) in [6.45, 7) is 0.964. The lowest BCUT2D eigenvalue weighted by atomic mass is 9.69. The predicted octanol–water partition coefficient (Wildman–Crippen LogP) is 2.24. The minimum atomic E-state index is 0.823. The second-order valence-electron chi connectivity index (χ2n) is 3.84. The van der Waals surface area contributed by atoms with Gasteiger partial charge in [0.2, 0.25) is 0 Å². The molecule has 3 aliphatic carbocycles. The standard InChI is InChI=1S/C10H16O/c1-11-7-10-6-8-2-4-9(10)5-3-8/h2,4,8-10H,3,5-7H2,1H3/t8-,9+,10-/m1/s1. The molecule has 0 aliphatic heterocycles. The van der Waals surface area contributed by atoms with E-state index in [4.69, 9.17) is 4.74 Å². The molecule has 0 N–H and O–H groups in total. The Morgan fingerprint density at radius 1 is 1.36 bits per heavy atom. The van der Waals surface area contributed by atoms with Gasteiger partial charge in [-0.25, -0.2) is 0 Å². The molecule has 0 aromatic carbocycles. The van der Waals surface area contributed by atoms with E-state index in [1.54, 1.807) is 0 Å². The zero-order valence-electron chi connectivity index (χ0n) is 7.12. The van der Waals surface area contributed by atoms with E-state index in [1.807, 2.05) is 7.11 Å². The van der Waals surface area contributed by atoms with Crippen molar-refractivity contribution in [2.24, 2.45) is 17.8 Å². The Hall–Kier alpha value is -0.300. The van der Waals surface area contributed by atoms with Crippen LogP contribution in [0.25, 0.3) is 0 Å². The average molecular weight is 152 g/mol. The minimum Gasteiger partial charge on any atom is -0.384 e. The van der Waals surface area contributed by atoms with Gasteiger partial charge in [-0.15, -0.1) is 0 Å².